The summed E-state index contributed by atoms with van der Waals surface area (Å²) in [6, 6.07) is -1.04. The third-order valence-electron chi connectivity index (χ3n) is 3.16. The van der Waals surface area contributed by atoms with Crippen molar-refractivity contribution < 1.29 is 24.2 Å². The first-order valence-electron chi connectivity index (χ1n) is 6.15. The van der Waals surface area contributed by atoms with E-state index in [0.29, 0.717) is 39.3 Å². The first kappa shape index (κ1) is 13.1. The number of carboxylic acid groups (broad SMARTS) is 1. The summed E-state index contributed by atoms with van der Waals surface area (Å²) >= 11 is 0. The Morgan fingerprint density at radius 3 is 2.89 bits per heavy atom. The second kappa shape index (κ2) is 6.01. The van der Waals surface area contributed by atoms with Crippen molar-refractivity contribution in [3.8, 4) is 0 Å². The van der Waals surface area contributed by atoms with Crippen LogP contribution in [0.3, 0.4) is 0 Å². The van der Waals surface area contributed by atoms with Crippen LogP contribution in [0.4, 0.5) is 4.79 Å². The number of rotatable bonds is 3. The van der Waals surface area contributed by atoms with Crippen LogP contribution >= 0.6 is 0 Å². The highest BCUT2D eigenvalue weighted by Gasteiger charge is 2.34. The maximum Gasteiger partial charge on any atom is 0.326 e. The van der Waals surface area contributed by atoms with Crippen LogP contribution in [0, 0.1) is 0 Å². The van der Waals surface area contributed by atoms with Gasteiger partial charge in [0.25, 0.3) is 0 Å². The van der Waals surface area contributed by atoms with Crippen molar-refractivity contribution in [1.29, 1.82) is 0 Å². The minimum atomic E-state index is -0.945. The molecule has 0 aromatic heterocycles. The first-order chi connectivity index (χ1) is 8.68. The summed E-state index contributed by atoms with van der Waals surface area (Å²) in [4.78, 5) is 24.2. The van der Waals surface area contributed by atoms with E-state index in [1.807, 2.05) is 0 Å². The number of nitrogens with zero attached hydrogens (tertiary/aromatic N) is 1. The lowest BCUT2D eigenvalue weighted by Gasteiger charge is -2.26. The lowest BCUT2D eigenvalue weighted by molar-refractivity contribution is -0.141. The average Bonchev–Trinajstić information content (AvgIpc) is 2.86. The molecule has 2 rings (SSSR count). The van der Waals surface area contributed by atoms with E-state index in [-0.39, 0.29) is 12.1 Å². The van der Waals surface area contributed by atoms with Crippen molar-refractivity contribution >= 4 is 12.0 Å². The van der Waals surface area contributed by atoms with Gasteiger partial charge >= 0.3 is 12.0 Å². The number of ether oxygens (including phenoxy) is 2. The van der Waals surface area contributed by atoms with Gasteiger partial charge in [0, 0.05) is 13.1 Å². The number of likely N-dealkylation sites (tertiary alicyclic amines) is 1. The molecule has 0 radical (unpaired) electrons. The van der Waals surface area contributed by atoms with Crippen LogP contribution in [-0.4, -0.2) is 67.1 Å². The highest BCUT2D eigenvalue weighted by molar-refractivity contribution is 5.83. The number of carbonyl (C=O) groups excluding carboxylic acids is 1. The van der Waals surface area contributed by atoms with Gasteiger partial charge in [0.05, 0.1) is 25.9 Å². The monoisotopic (exact) mass is 258 g/mol. The number of aliphatic carboxylic acids is 1. The fraction of sp³-hybridized carbons (Fsp3) is 0.818. The van der Waals surface area contributed by atoms with Crippen molar-refractivity contribution in [3.05, 3.63) is 0 Å². The van der Waals surface area contributed by atoms with E-state index >= 15 is 0 Å². The molecule has 7 heteroatoms. The predicted octanol–water partition coefficient (Wildman–Crippen LogP) is -0.340. The quantitative estimate of drug-likeness (QED) is 0.723. The zero-order valence-corrected chi connectivity index (χ0v) is 10.1. The van der Waals surface area contributed by atoms with Crippen molar-refractivity contribution in [2.75, 3.05) is 32.9 Å². The average molecular weight is 258 g/mol. The molecule has 0 bridgehead atoms. The number of hydrogen-bond donors (Lipinski definition) is 2. The number of carbonyl (C=O) groups is 2. The van der Waals surface area contributed by atoms with Gasteiger partial charge in [-0.25, -0.2) is 9.59 Å². The summed E-state index contributed by atoms with van der Waals surface area (Å²) in [7, 11) is 0. The Hall–Kier alpha value is -1.34. The SMILES string of the molecule is O=C(O)[C@H]1CCCN1C(=O)NCC1COCCO1. The van der Waals surface area contributed by atoms with E-state index in [2.05, 4.69) is 5.32 Å². The molecule has 2 atom stereocenters. The van der Waals surface area contributed by atoms with E-state index < -0.39 is 12.0 Å². The van der Waals surface area contributed by atoms with E-state index in [9.17, 15) is 9.59 Å². The molecular formula is C11H18N2O5. The Labute approximate surface area is 105 Å². The number of hydrogen-bond acceptors (Lipinski definition) is 4. The van der Waals surface area contributed by atoms with Gasteiger partial charge in [0.15, 0.2) is 0 Å². The fourth-order valence-electron chi connectivity index (χ4n) is 2.22. The lowest BCUT2D eigenvalue weighted by Crippen LogP contribution is -2.49. The molecule has 1 unspecified atom stereocenters. The summed E-state index contributed by atoms with van der Waals surface area (Å²) in [5.74, 6) is -0.945. The minimum Gasteiger partial charge on any atom is -0.480 e. The molecule has 18 heavy (non-hydrogen) atoms. The van der Waals surface area contributed by atoms with Gasteiger partial charge in [-0.1, -0.05) is 0 Å². The van der Waals surface area contributed by atoms with E-state index in [1.54, 1.807) is 0 Å². The first-order valence-corrected chi connectivity index (χ1v) is 6.15. The number of amides is 2. The van der Waals surface area contributed by atoms with E-state index in [4.69, 9.17) is 14.6 Å². The second-order valence-corrected chi connectivity index (χ2v) is 4.44. The molecule has 2 heterocycles. The van der Waals surface area contributed by atoms with Crippen LogP contribution in [0.1, 0.15) is 12.8 Å². The van der Waals surface area contributed by atoms with Crippen LogP contribution in [0.15, 0.2) is 0 Å². The summed E-state index contributed by atoms with van der Waals surface area (Å²) in [5.41, 5.74) is 0. The van der Waals surface area contributed by atoms with Gasteiger partial charge in [-0.05, 0) is 12.8 Å². The number of urea groups is 1. The van der Waals surface area contributed by atoms with Gasteiger partial charge in [-0.2, -0.15) is 0 Å². The Morgan fingerprint density at radius 1 is 1.39 bits per heavy atom. The highest BCUT2D eigenvalue weighted by atomic mass is 16.6. The third kappa shape index (κ3) is 3.11. The van der Waals surface area contributed by atoms with Gasteiger partial charge in [0.1, 0.15) is 6.04 Å². The van der Waals surface area contributed by atoms with E-state index in [1.165, 1.54) is 4.90 Å². The maximum absolute atomic E-state index is 11.9. The zero-order valence-electron chi connectivity index (χ0n) is 10.1. The Bertz CT molecular complexity index is 317. The molecule has 0 saturated carbocycles. The molecular weight excluding hydrogens is 240 g/mol. The highest BCUT2D eigenvalue weighted by Crippen LogP contribution is 2.17. The molecule has 7 nitrogen and oxygen atoms in total. The Kier molecular flexibility index (Phi) is 4.38. The van der Waals surface area contributed by atoms with Gasteiger partial charge in [-0.15, -0.1) is 0 Å². The predicted molar refractivity (Wildman–Crippen MR) is 61.3 cm³/mol. The van der Waals surface area contributed by atoms with Crippen LogP contribution in [-0.2, 0) is 14.3 Å². The fourth-order valence-corrected chi connectivity index (χ4v) is 2.22. The molecule has 0 aliphatic carbocycles. The van der Waals surface area contributed by atoms with Crippen molar-refractivity contribution in [2.24, 2.45) is 0 Å². The molecule has 2 saturated heterocycles. The summed E-state index contributed by atoms with van der Waals surface area (Å²) in [6.45, 7) is 2.41. The molecule has 2 aliphatic rings. The minimum absolute atomic E-state index is 0.145. The summed E-state index contributed by atoms with van der Waals surface area (Å²) < 4.78 is 10.6. The largest absolute Gasteiger partial charge is 0.480 e. The van der Waals surface area contributed by atoms with E-state index in [0.717, 1.165) is 6.42 Å². The van der Waals surface area contributed by atoms with Gasteiger partial charge < -0.3 is 24.8 Å². The van der Waals surface area contributed by atoms with Gasteiger partial charge in [0.2, 0.25) is 0 Å². The van der Waals surface area contributed by atoms with Crippen LogP contribution in [0.25, 0.3) is 0 Å². The molecule has 0 aromatic carbocycles. The van der Waals surface area contributed by atoms with Crippen LogP contribution < -0.4 is 5.32 Å². The summed E-state index contributed by atoms with van der Waals surface area (Å²) in [6.07, 6.45) is 1.10. The van der Waals surface area contributed by atoms with Crippen molar-refractivity contribution in [1.82, 2.24) is 10.2 Å². The number of carboxylic acids is 1. The Morgan fingerprint density at radius 2 is 2.22 bits per heavy atom. The molecule has 2 fully saturated rings. The number of nitrogens with one attached hydrogen (secondary N) is 1. The molecule has 0 spiro atoms. The summed E-state index contributed by atoms with van der Waals surface area (Å²) in [5, 5.41) is 11.7. The third-order valence-corrected chi connectivity index (χ3v) is 3.16. The topological polar surface area (TPSA) is 88.1 Å². The zero-order chi connectivity index (χ0) is 13.0. The molecule has 2 aliphatic heterocycles. The lowest BCUT2D eigenvalue weighted by atomic mass is 10.2. The van der Waals surface area contributed by atoms with Crippen molar-refractivity contribution in [3.63, 3.8) is 0 Å². The normalized spacial score (nSPS) is 28.1. The molecule has 2 amide bonds. The molecule has 102 valence electrons. The van der Waals surface area contributed by atoms with Gasteiger partial charge in [-0.3, -0.25) is 0 Å². The second-order valence-electron chi connectivity index (χ2n) is 4.44. The Balaban J connectivity index is 1.78. The standard InChI is InChI=1S/C11H18N2O5/c14-10(15)9-2-1-3-13(9)11(16)12-6-8-7-17-4-5-18-8/h8-9H,1-7H2,(H,12,16)(H,14,15)/t8?,9-/m1/s1. The molecule has 0 aromatic rings. The van der Waals surface area contributed by atoms with Crippen LogP contribution in [0.2, 0.25) is 0 Å². The van der Waals surface area contributed by atoms with Crippen LogP contribution in [0.5, 0.6) is 0 Å². The van der Waals surface area contributed by atoms with Crippen molar-refractivity contribution in [2.45, 2.75) is 25.0 Å². The maximum atomic E-state index is 11.9. The molecule has 2 N–H and O–H groups in total. The smallest absolute Gasteiger partial charge is 0.326 e.